The van der Waals surface area contributed by atoms with Gasteiger partial charge >= 0.3 is 0 Å². The van der Waals surface area contributed by atoms with Crippen molar-refractivity contribution in [2.45, 2.75) is 17.7 Å². The lowest BCUT2D eigenvalue weighted by Gasteiger charge is -2.30. The number of rotatable bonds is 4. The summed E-state index contributed by atoms with van der Waals surface area (Å²) in [6.45, 7) is 0.661. The van der Waals surface area contributed by atoms with Gasteiger partial charge in [0.25, 0.3) is 0 Å². The molecule has 0 aromatic heterocycles. The van der Waals surface area contributed by atoms with E-state index in [1.807, 2.05) is 0 Å². The molecule has 5 nitrogen and oxygen atoms in total. The van der Waals surface area contributed by atoms with E-state index in [9.17, 15) is 13.2 Å². The minimum Gasteiger partial charge on any atom is -0.326 e. The molecular weight excluding hydrogens is 440 g/mol. The van der Waals surface area contributed by atoms with E-state index in [1.165, 1.54) is 4.31 Å². The molecule has 1 fully saturated rings. The molecule has 0 saturated carbocycles. The number of benzene rings is 2. The number of halogens is 2. The molecule has 2 aromatic carbocycles. The lowest BCUT2D eigenvalue weighted by atomic mass is 9.97. The highest BCUT2D eigenvalue weighted by Gasteiger charge is 2.32. The van der Waals surface area contributed by atoms with Crippen LogP contribution in [0.25, 0.3) is 0 Å². The summed E-state index contributed by atoms with van der Waals surface area (Å²) in [5.74, 6) is -0.296. The number of amides is 1. The minimum absolute atomic E-state index is 0.0898. The Labute approximate surface area is 166 Å². The maximum Gasteiger partial charge on any atom is 0.243 e. The van der Waals surface area contributed by atoms with Crippen molar-refractivity contribution < 1.29 is 13.2 Å². The summed E-state index contributed by atoms with van der Waals surface area (Å²) in [6.07, 6.45) is 0.990. The number of sulfonamides is 1. The number of piperidine rings is 1. The number of nitrogens with zero attached hydrogens (tertiary/aromatic N) is 1. The molecule has 1 aliphatic rings. The average molecular weight is 458 g/mol. The Kier molecular flexibility index (Phi) is 6.02. The van der Waals surface area contributed by atoms with Gasteiger partial charge in [0, 0.05) is 34.2 Å². The molecule has 3 rings (SSSR count). The van der Waals surface area contributed by atoms with Crippen LogP contribution in [0.5, 0.6) is 0 Å². The van der Waals surface area contributed by atoms with E-state index in [0.717, 1.165) is 4.47 Å². The van der Waals surface area contributed by atoms with Crippen LogP contribution in [0.15, 0.2) is 57.9 Å². The summed E-state index contributed by atoms with van der Waals surface area (Å²) < 4.78 is 27.7. The zero-order chi connectivity index (χ0) is 18.7. The highest BCUT2D eigenvalue weighted by Crippen LogP contribution is 2.26. The van der Waals surface area contributed by atoms with E-state index in [0.29, 0.717) is 36.6 Å². The lowest BCUT2D eigenvalue weighted by Crippen LogP contribution is -2.41. The number of hydrogen-bond acceptors (Lipinski definition) is 3. The Morgan fingerprint density at radius 3 is 2.19 bits per heavy atom. The SMILES string of the molecule is O=C(Nc1ccc(Cl)cc1)C1CCN(S(=O)(=O)c2ccc(Br)cc2)CC1. The van der Waals surface area contributed by atoms with Crippen molar-refractivity contribution in [3.8, 4) is 0 Å². The fourth-order valence-electron chi connectivity index (χ4n) is 2.89. The molecule has 0 bridgehead atoms. The Bertz CT molecular complexity index is 878. The molecule has 2 aromatic rings. The quantitative estimate of drug-likeness (QED) is 0.750. The van der Waals surface area contributed by atoms with Crippen molar-refractivity contribution in [2.24, 2.45) is 5.92 Å². The Morgan fingerprint density at radius 1 is 1.04 bits per heavy atom. The van der Waals surface area contributed by atoms with Crippen molar-refractivity contribution in [1.29, 1.82) is 0 Å². The molecule has 1 aliphatic heterocycles. The zero-order valence-electron chi connectivity index (χ0n) is 13.9. The molecular formula is C18H18BrClN2O3S. The second-order valence-electron chi connectivity index (χ2n) is 6.13. The van der Waals surface area contributed by atoms with Gasteiger partial charge in [0.15, 0.2) is 0 Å². The molecule has 138 valence electrons. The monoisotopic (exact) mass is 456 g/mol. The molecule has 0 radical (unpaired) electrons. The third-order valence-corrected chi connectivity index (χ3v) is 7.08. The second kappa shape index (κ2) is 8.08. The van der Waals surface area contributed by atoms with Crippen LogP contribution >= 0.6 is 27.5 Å². The van der Waals surface area contributed by atoms with Crippen LogP contribution in [0.1, 0.15) is 12.8 Å². The number of hydrogen-bond donors (Lipinski definition) is 1. The van der Waals surface area contributed by atoms with E-state index in [2.05, 4.69) is 21.2 Å². The van der Waals surface area contributed by atoms with E-state index in [1.54, 1.807) is 48.5 Å². The van der Waals surface area contributed by atoms with Gasteiger partial charge in [-0.05, 0) is 61.4 Å². The summed E-state index contributed by atoms with van der Waals surface area (Å²) in [6, 6.07) is 13.5. The summed E-state index contributed by atoms with van der Waals surface area (Å²) in [7, 11) is -3.53. The molecule has 1 saturated heterocycles. The maximum atomic E-state index is 12.7. The zero-order valence-corrected chi connectivity index (χ0v) is 17.0. The van der Waals surface area contributed by atoms with Gasteiger partial charge in [-0.2, -0.15) is 4.31 Å². The molecule has 1 N–H and O–H groups in total. The van der Waals surface area contributed by atoms with E-state index in [-0.39, 0.29) is 16.7 Å². The maximum absolute atomic E-state index is 12.7. The van der Waals surface area contributed by atoms with E-state index >= 15 is 0 Å². The number of nitrogens with one attached hydrogen (secondary N) is 1. The van der Waals surface area contributed by atoms with Crippen LogP contribution in [0.4, 0.5) is 5.69 Å². The standard InChI is InChI=1S/C18H18BrClN2O3S/c19-14-1-7-17(8-2-14)26(24,25)22-11-9-13(10-12-22)18(23)21-16-5-3-15(20)4-6-16/h1-8,13H,9-12H2,(H,21,23). The topological polar surface area (TPSA) is 66.5 Å². The van der Waals surface area contributed by atoms with Crippen LogP contribution in [0, 0.1) is 5.92 Å². The molecule has 0 unspecified atom stereocenters. The number of carbonyl (C=O) groups is 1. The first-order chi connectivity index (χ1) is 12.4. The molecule has 1 amide bonds. The van der Waals surface area contributed by atoms with Crippen LogP contribution in [0.3, 0.4) is 0 Å². The molecule has 1 heterocycles. The van der Waals surface area contributed by atoms with Gasteiger partial charge in [0.1, 0.15) is 0 Å². The van der Waals surface area contributed by atoms with Crippen molar-refractivity contribution in [2.75, 3.05) is 18.4 Å². The van der Waals surface area contributed by atoms with Gasteiger partial charge in [-0.3, -0.25) is 4.79 Å². The molecule has 0 atom stereocenters. The van der Waals surface area contributed by atoms with Gasteiger partial charge in [0.2, 0.25) is 15.9 Å². The first-order valence-electron chi connectivity index (χ1n) is 8.18. The van der Waals surface area contributed by atoms with Gasteiger partial charge in [-0.15, -0.1) is 0 Å². The Hall–Kier alpha value is -1.41. The minimum atomic E-state index is -3.53. The predicted molar refractivity (Wildman–Crippen MR) is 106 cm³/mol. The first kappa shape index (κ1) is 19.4. The highest BCUT2D eigenvalue weighted by molar-refractivity contribution is 9.10. The number of anilines is 1. The Morgan fingerprint density at radius 2 is 1.62 bits per heavy atom. The summed E-state index contributed by atoms with van der Waals surface area (Å²) in [5.41, 5.74) is 0.685. The van der Waals surface area contributed by atoms with Crippen molar-refractivity contribution in [3.05, 3.63) is 58.0 Å². The van der Waals surface area contributed by atoms with Gasteiger partial charge in [-0.1, -0.05) is 27.5 Å². The van der Waals surface area contributed by atoms with Gasteiger partial charge < -0.3 is 5.32 Å². The molecule has 0 aliphatic carbocycles. The Balaban J connectivity index is 1.60. The highest BCUT2D eigenvalue weighted by atomic mass is 79.9. The second-order valence-corrected chi connectivity index (χ2v) is 9.42. The lowest BCUT2D eigenvalue weighted by molar-refractivity contribution is -0.120. The molecule has 26 heavy (non-hydrogen) atoms. The fraction of sp³-hybridized carbons (Fsp3) is 0.278. The number of carbonyl (C=O) groups excluding carboxylic acids is 1. The average Bonchev–Trinajstić information content (AvgIpc) is 2.64. The van der Waals surface area contributed by atoms with Gasteiger partial charge in [-0.25, -0.2) is 8.42 Å². The largest absolute Gasteiger partial charge is 0.326 e. The predicted octanol–water partition coefficient (Wildman–Crippen LogP) is 4.14. The fourth-order valence-corrected chi connectivity index (χ4v) is 4.75. The van der Waals surface area contributed by atoms with Crippen LogP contribution < -0.4 is 5.32 Å². The summed E-state index contributed by atoms with van der Waals surface area (Å²) >= 11 is 9.14. The molecule has 8 heteroatoms. The third-order valence-electron chi connectivity index (χ3n) is 4.39. The summed E-state index contributed by atoms with van der Waals surface area (Å²) in [4.78, 5) is 12.7. The van der Waals surface area contributed by atoms with Crippen molar-refractivity contribution >= 4 is 49.1 Å². The van der Waals surface area contributed by atoms with Crippen LogP contribution in [-0.4, -0.2) is 31.7 Å². The van der Waals surface area contributed by atoms with Crippen molar-refractivity contribution in [1.82, 2.24) is 4.31 Å². The summed E-state index contributed by atoms with van der Waals surface area (Å²) in [5, 5.41) is 3.47. The van der Waals surface area contributed by atoms with Crippen LogP contribution in [0.2, 0.25) is 5.02 Å². The van der Waals surface area contributed by atoms with E-state index < -0.39 is 10.0 Å². The van der Waals surface area contributed by atoms with Crippen LogP contribution in [-0.2, 0) is 14.8 Å². The van der Waals surface area contributed by atoms with Crippen molar-refractivity contribution in [3.63, 3.8) is 0 Å². The third kappa shape index (κ3) is 4.46. The van der Waals surface area contributed by atoms with Gasteiger partial charge in [0.05, 0.1) is 4.90 Å². The smallest absolute Gasteiger partial charge is 0.243 e. The first-order valence-corrected chi connectivity index (χ1v) is 10.8. The molecule has 0 spiro atoms. The normalized spacial score (nSPS) is 16.4. The van der Waals surface area contributed by atoms with E-state index in [4.69, 9.17) is 11.6 Å².